The first kappa shape index (κ1) is 12.3. The number of nitrogens with one attached hydrogen (secondary N) is 1. The monoisotopic (exact) mass is 269 g/mol. The van der Waals surface area contributed by atoms with E-state index in [1.807, 2.05) is 23.3 Å². The Bertz CT molecular complexity index is 465. The molecule has 0 bridgehead atoms. The van der Waals surface area contributed by atoms with E-state index >= 15 is 0 Å². The summed E-state index contributed by atoms with van der Waals surface area (Å²) in [7, 11) is 0. The Morgan fingerprint density at radius 3 is 3.12 bits per heavy atom. The molecular formula is C10H15N5S2. The maximum absolute atomic E-state index is 5.79. The molecule has 2 aromatic rings. The highest BCUT2D eigenvalue weighted by molar-refractivity contribution is 7.99. The SMILES string of the molecule is CSc1c(N)nsc1NC(C)Cn1ccnc1. The first-order valence-electron chi connectivity index (χ1n) is 5.22. The Morgan fingerprint density at radius 2 is 2.47 bits per heavy atom. The lowest BCUT2D eigenvalue weighted by molar-refractivity contribution is 0.619. The summed E-state index contributed by atoms with van der Waals surface area (Å²) in [5, 5.41) is 4.47. The van der Waals surface area contributed by atoms with Crippen LogP contribution >= 0.6 is 23.3 Å². The van der Waals surface area contributed by atoms with E-state index in [2.05, 4.69) is 21.6 Å². The van der Waals surface area contributed by atoms with Crippen LogP contribution < -0.4 is 11.1 Å². The van der Waals surface area contributed by atoms with E-state index in [1.54, 1.807) is 18.0 Å². The number of hydrogen-bond donors (Lipinski definition) is 2. The van der Waals surface area contributed by atoms with Crippen molar-refractivity contribution in [3.63, 3.8) is 0 Å². The summed E-state index contributed by atoms with van der Waals surface area (Å²) in [6.07, 6.45) is 7.56. The summed E-state index contributed by atoms with van der Waals surface area (Å²) in [6.45, 7) is 2.99. The highest BCUT2D eigenvalue weighted by Gasteiger charge is 2.12. The Labute approximate surface area is 109 Å². The quantitative estimate of drug-likeness (QED) is 0.814. The number of imidazole rings is 1. The van der Waals surface area contributed by atoms with Crippen LogP contribution in [0.25, 0.3) is 0 Å². The molecule has 5 nitrogen and oxygen atoms in total. The molecule has 2 heterocycles. The molecular weight excluding hydrogens is 254 g/mol. The summed E-state index contributed by atoms with van der Waals surface area (Å²) in [6, 6.07) is 0.301. The van der Waals surface area contributed by atoms with Crippen molar-refractivity contribution >= 4 is 34.1 Å². The van der Waals surface area contributed by atoms with Gasteiger partial charge in [0.25, 0.3) is 0 Å². The van der Waals surface area contributed by atoms with Crippen molar-refractivity contribution in [3.8, 4) is 0 Å². The topological polar surface area (TPSA) is 68.8 Å². The Morgan fingerprint density at radius 1 is 1.65 bits per heavy atom. The Kier molecular flexibility index (Phi) is 3.90. The molecule has 0 saturated heterocycles. The first-order valence-corrected chi connectivity index (χ1v) is 7.22. The van der Waals surface area contributed by atoms with Gasteiger partial charge >= 0.3 is 0 Å². The van der Waals surface area contributed by atoms with Crippen LogP contribution in [0.1, 0.15) is 6.92 Å². The molecule has 0 aliphatic heterocycles. The average Bonchev–Trinajstić information content (AvgIpc) is 2.89. The van der Waals surface area contributed by atoms with Crippen molar-refractivity contribution in [3.05, 3.63) is 18.7 Å². The van der Waals surface area contributed by atoms with Gasteiger partial charge in [0.1, 0.15) is 5.00 Å². The van der Waals surface area contributed by atoms with Crippen molar-refractivity contribution in [2.75, 3.05) is 17.3 Å². The van der Waals surface area contributed by atoms with Gasteiger partial charge in [-0.05, 0) is 24.7 Å². The van der Waals surface area contributed by atoms with Gasteiger partial charge in [-0.15, -0.1) is 11.8 Å². The molecule has 0 aromatic carbocycles. The normalized spacial score (nSPS) is 12.6. The zero-order valence-electron chi connectivity index (χ0n) is 9.75. The molecule has 0 spiro atoms. The molecule has 0 saturated carbocycles. The number of hydrogen-bond acceptors (Lipinski definition) is 6. The predicted molar refractivity (Wildman–Crippen MR) is 73.6 cm³/mol. The van der Waals surface area contributed by atoms with E-state index in [0.29, 0.717) is 11.9 Å². The molecule has 17 heavy (non-hydrogen) atoms. The minimum absolute atomic E-state index is 0.301. The van der Waals surface area contributed by atoms with Gasteiger partial charge in [0.2, 0.25) is 0 Å². The summed E-state index contributed by atoms with van der Waals surface area (Å²) < 4.78 is 6.20. The van der Waals surface area contributed by atoms with Gasteiger partial charge < -0.3 is 15.6 Å². The lowest BCUT2D eigenvalue weighted by atomic mass is 10.3. The third-order valence-corrected chi connectivity index (χ3v) is 4.04. The summed E-state index contributed by atoms with van der Waals surface area (Å²) in [4.78, 5) is 5.06. The van der Waals surface area contributed by atoms with Gasteiger partial charge in [-0.2, -0.15) is 4.37 Å². The lowest BCUT2D eigenvalue weighted by Crippen LogP contribution is -2.20. The molecule has 2 rings (SSSR count). The first-order chi connectivity index (χ1) is 8.20. The summed E-state index contributed by atoms with van der Waals surface area (Å²) in [5.74, 6) is 0.611. The van der Waals surface area contributed by atoms with Gasteiger partial charge in [0.05, 0.1) is 11.2 Å². The molecule has 7 heteroatoms. The van der Waals surface area contributed by atoms with Crippen molar-refractivity contribution in [2.45, 2.75) is 24.4 Å². The van der Waals surface area contributed by atoms with Crippen molar-refractivity contribution < 1.29 is 0 Å². The zero-order valence-corrected chi connectivity index (χ0v) is 11.4. The van der Waals surface area contributed by atoms with E-state index in [-0.39, 0.29) is 0 Å². The summed E-state index contributed by atoms with van der Waals surface area (Å²) in [5.41, 5.74) is 5.79. The largest absolute Gasteiger partial charge is 0.382 e. The van der Waals surface area contributed by atoms with Gasteiger partial charge in [0.15, 0.2) is 5.82 Å². The number of nitrogen functional groups attached to an aromatic ring is 1. The fourth-order valence-corrected chi connectivity index (χ4v) is 3.20. The van der Waals surface area contributed by atoms with E-state index in [1.165, 1.54) is 11.5 Å². The van der Waals surface area contributed by atoms with E-state index in [4.69, 9.17) is 5.73 Å². The highest BCUT2D eigenvalue weighted by atomic mass is 32.2. The standard InChI is InChI=1S/C10H15N5S2/c1-7(5-15-4-3-12-6-15)13-10-8(16-2)9(11)14-17-10/h3-4,6-7,13H,5H2,1-2H3,(H2,11,14). The molecule has 1 atom stereocenters. The predicted octanol–water partition coefficient (Wildman–Crippen LogP) is 2.14. The molecule has 0 radical (unpaired) electrons. The number of nitrogens with zero attached hydrogens (tertiary/aromatic N) is 3. The van der Waals surface area contributed by atoms with Crippen molar-refractivity contribution in [2.24, 2.45) is 0 Å². The van der Waals surface area contributed by atoms with Crippen LogP contribution in [0.15, 0.2) is 23.6 Å². The second-order valence-electron chi connectivity index (χ2n) is 3.74. The molecule has 1 unspecified atom stereocenters. The smallest absolute Gasteiger partial charge is 0.153 e. The Hall–Kier alpha value is -1.21. The number of thioether (sulfide) groups is 1. The third kappa shape index (κ3) is 2.92. The van der Waals surface area contributed by atoms with Crippen molar-refractivity contribution in [1.82, 2.24) is 13.9 Å². The minimum Gasteiger partial charge on any atom is -0.382 e. The highest BCUT2D eigenvalue weighted by Crippen LogP contribution is 2.34. The third-order valence-electron chi connectivity index (χ3n) is 2.30. The average molecular weight is 269 g/mol. The molecule has 0 fully saturated rings. The maximum atomic E-state index is 5.79. The van der Waals surface area contributed by atoms with Crippen LogP contribution in [0.4, 0.5) is 10.8 Å². The van der Waals surface area contributed by atoms with Crippen LogP contribution in [-0.4, -0.2) is 26.2 Å². The molecule has 2 aromatic heterocycles. The Balaban J connectivity index is 2.00. The van der Waals surface area contributed by atoms with Crippen LogP contribution in [-0.2, 0) is 6.54 Å². The fourth-order valence-electron chi connectivity index (χ4n) is 1.56. The van der Waals surface area contributed by atoms with Gasteiger partial charge in [0, 0.05) is 25.0 Å². The second-order valence-corrected chi connectivity index (χ2v) is 5.32. The minimum atomic E-state index is 0.301. The van der Waals surface area contributed by atoms with Gasteiger partial charge in [-0.1, -0.05) is 0 Å². The number of aromatic nitrogens is 3. The van der Waals surface area contributed by atoms with E-state index in [9.17, 15) is 0 Å². The molecule has 0 amide bonds. The number of nitrogens with two attached hydrogens (primary N) is 1. The van der Waals surface area contributed by atoms with Crippen LogP contribution in [0.3, 0.4) is 0 Å². The van der Waals surface area contributed by atoms with E-state index in [0.717, 1.165) is 16.4 Å². The molecule has 0 aliphatic carbocycles. The van der Waals surface area contributed by atoms with E-state index < -0.39 is 0 Å². The number of anilines is 2. The summed E-state index contributed by atoms with van der Waals surface area (Å²) >= 11 is 3.03. The number of rotatable bonds is 5. The van der Waals surface area contributed by atoms with Crippen LogP contribution in [0.5, 0.6) is 0 Å². The lowest BCUT2D eigenvalue weighted by Gasteiger charge is -2.14. The second kappa shape index (κ2) is 5.42. The zero-order chi connectivity index (χ0) is 12.3. The fraction of sp³-hybridized carbons (Fsp3) is 0.400. The van der Waals surface area contributed by atoms with Gasteiger partial charge in [-0.25, -0.2) is 4.98 Å². The molecule has 3 N–H and O–H groups in total. The van der Waals surface area contributed by atoms with Crippen LogP contribution in [0, 0.1) is 0 Å². The van der Waals surface area contributed by atoms with Gasteiger partial charge in [-0.3, -0.25) is 0 Å². The van der Waals surface area contributed by atoms with Crippen LogP contribution in [0.2, 0.25) is 0 Å². The van der Waals surface area contributed by atoms with Crippen molar-refractivity contribution in [1.29, 1.82) is 0 Å². The maximum Gasteiger partial charge on any atom is 0.153 e. The molecule has 92 valence electrons. The molecule has 0 aliphatic rings.